The minimum atomic E-state index is -0.0979. The molecule has 0 aliphatic carbocycles. The van der Waals surface area contributed by atoms with Crippen LogP contribution in [0.4, 0.5) is 0 Å². The number of hydrogen-bond donors (Lipinski definition) is 2. The van der Waals surface area contributed by atoms with Crippen molar-refractivity contribution >= 4 is 11.8 Å². The van der Waals surface area contributed by atoms with Crippen molar-refractivity contribution in [3.8, 4) is 5.75 Å². The molecule has 0 saturated heterocycles. The van der Waals surface area contributed by atoms with Gasteiger partial charge >= 0.3 is 0 Å². The number of nitrogens with one attached hydrogen (secondary N) is 2. The van der Waals surface area contributed by atoms with Gasteiger partial charge in [0, 0.05) is 18.7 Å². The SMILES string of the molecule is CCCCCCCCCCCCCCCCCCCCCCCNC(=O)c1ccc(C(=O)NCCCCCCCCCCCCCCCCCCCCCCC)c(OCCCCCCCCC)c1. The third-order valence-corrected chi connectivity index (χ3v) is 14.6. The molecule has 398 valence electrons. The number of rotatable bonds is 55. The molecule has 0 fully saturated rings. The second-order valence-corrected chi connectivity index (χ2v) is 21.3. The van der Waals surface area contributed by atoms with Crippen molar-refractivity contribution in [1.82, 2.24) is 10.6 Å². The number of amides is 2. The van der Waals surface area contributed by atoms with Crippen LogP contribution in [0.15, 0.2) is 18.2 Å². The fourth-order valence-electron chi connectivity index (χ4n) is 9.93. The highest BCUT2D eigenvalue weighted by Crippen LogP contribution is 2.23. The summed E-state index contributed by atoms with van der Waals surface area (Å²) in [5.74, 6) is 0.360. The average Bonchev–Trinajstić information content (AvgIpc) is 3.35. The molecule has 0 aromatic heterocycles. The van der Waals surface area contributed by atoms with Gasteiger partial charge in [0.15, 0.2) is 0 Å². The number of unbranched alkanes of at least 4 members (excludes halogenated alkanes) is 46. The zero-order chi connectivity index (χ0) is 48.9. The molecule has 5 heteroatoms. The predicted octanol–water partition coefficient (Wildman–Crippen LogP) is 20.7. The monoisotopic (exact) mass is 951 g/mol. The lowest BCUT2D eigenvalue weighted by molar-refractivity contribution is 0.0937. The molecule has 2 N–H and O–H groups in total. The Morgan fingerprint density at radius 1 is 0.324 bits per heavy atom. The van der Waals surface area contributed by atoms with Crippen LogP contribution in [0.3, 0.4) is 0 Å². The topological polar surface area (TPSA) is 67.4 Å². The normalized spacial score (nSPS) is 11.4. The van der Waals surface area contributed by atoms with Crippen molar-refractivity contribution in [2.45, 2.75) is 335 Å². The zero-order valence-electron chi connectivity index (χ0n) is 46.2. The number of hydrogen-bond acceptors (Lipinski definition) is 3. The molecular formula is C63H118N2O3. The summed E-state index contributed by atoms with van der Waals surface area (Å²) in [6.07, 6.45) is 66.1. The molecule has 2 amide bonds. The highest BCUT2D eigenvalue weighted by molar-refractivity contribution is 6.00. The first-order valence-electron chi connectivity index (χ1n) is 31.0. The lowest BCUT2D eigenvalue weighted by Gasteiger charge is -2.14. The van der Waals surface area contributed by atoms with Crippen LogP contribution >= 0.6 is 0 Å². The Kier molecular flexibility index (Phi) is 49.7. The second kappa shape index (κ2) is 52.8. The van der Waals surface area contributed by atoms with Gasteiger partial charge in [0.25, 0.3) is 11.8 Å². The van der Waals surface area contributed by atoms with Gasteiger partial charge < -0.3 is 15.4 Å². The van der Waals surface area contributed by atoms with Gasteiger partial charge in [-0.15, -0.1) is 0 Å². The first-order valence-corrected chi connectivity index (χ1v) is 31.0. The van der Waals surface area contributed by atoms with Crippen molar-refractivity contribution in [3.05, 3.63) is 29.3 Å². The van der Waals surface area contributed by atoms with Gasteiger partial charge in [0.1, 0.15) is 5.75 Å². The first-order chi connectivity index (χ1) is 33.6. The van der Waals surface area contributed by atoms with E-state index < -0.39 is 0 Å². The van der Waals surface area contributed by atoms with Crippen molar-refractivity contribution in [3.63, 3.8) is 0 Å². The summed E-state index contributed by atoms with van der Waals surface area (Å²) in [5, 5.41) is 6.29. The Morgan fingerprint density at radius 2 is 0.574 bits per heavy atom. The van der Waals surface area contributed by atoms with Gasteiger partial charge in [-0.1, -0.05) is 316 Å². The van der Waals surface area contributed by atoms with Gasteiger partial charge in [0.05, 0.1) is 12.2 Å². The summed E-state index contributed by atoms with van der Waals surface area (Å²) in [4.78, 5) is 26.6. The van der Waals surface area contributed by atoms with Crippen molar-refractivity contribution < 1.29 is 14.3 Å². The van der Waals surface area contributed by atoms with E-state index in [0.717, 1.165) is 38.5 Å². The maximum absolute atomic E-state index is 13.4. The van der Waals surface area contributed by atoms with Crippen LogP contribution in [0.1, 0.15) is 356 Å². The number of carbonyl (C=O) groups is 2. The summed E-state index contributed by atoms with van der Waals surface area (Å²) in [6, 6.07) is 5.38. The third kappa shape index (κ3) is 42.8. The van der Waals surface area contributed by atoms with Crippen LogP contribution in [0, 0.1) is 0 Å². The maximum atomic E-state index is 13.4. The minimum absolute atomic E-state index is 0.0783. The molecule has 0 atom stereocenters. The van der Waals surface area contributed by atoms with E-state index in [2.05, 4.69) is 31.4 Å². The van der Waals surface area contributed by atoms with Gasteiger partial charge in [-0.3, -0.25) is 9.59 Å². The van der Waals surface area contributed by atoms with E-state index in [4.69, 9.17) is 4.74 Å². The lowest BCUT2D eigenvalue weighted by Crippen LogP contribution is -2.26. The van der Waals surface area contributed by atoms with Gasteiger partial charge in [-0.05, 0) is 37.5 Å². The van der Waals surface area contributed by atoms with Crippen LogP contribution in [-0.4, -0.2) is 31.5 Å². The summed E-state index contributed by atoms with van der Waals surface area (Å²) >= 11 is 0. The lowest BCUT2D eigenvalue weighted by atomic mass is 10.0. The molecular weight excluding hydrogens is 833 g/mol. The van der Waals surface area contributed by atoms with Gasteiger partial charge in [0.2, 0.25) is 0 Å². The number of ether oxygens (including phenoxy) is 1. The van der Waals surface area contributed by atoms with E-state index in [9.17, 15) is 9.59 Å². The van der Waals surface area contributed by atoms with Crippen LogP contribution in [0.25, 0.3) is 0 Å². The maximum Gasteiger partial charge on any atom is 0.255 e. The Morgan fingerprint density at radius 3 is 0.868 bits per heavy atom. The zero-order valence-corrected chi connectivity index (χ0v) is 46.2. The Bertz CT molecular complexity index is 1200. The van der Waals surface area contributed by atoms with E-state index in [0.29, 0.717) is 36.6 Å². The molecule has 1 rings (SSSR count). The van der Waals surface area contributed by atoms with E-state index in [-0.39, 0.29) is 11.8 Å². The van der Waals surface area contributed by atoms with E-state index in [1.54, 1.807) is 18.2 Å². The molecule has 68 heavy (non-hydrogen) atoms. The van der Waals surface area contributed by atoms with Crippen LogP contribution in [0.2, 0.25) is 0 Å². The number of carbonyl (C=O) groups excluding carboxylic acids is 2. The van der Waals surface area contributed by atoms with Gasteiger partial charge in [-0.25, -0.2) is 0 Å². The molecule has 0 saturated carbocycles. The van der Waals surface area contributed by atoms with Crippen LogP contribution in [0.5, 0.6) is 5.75 Å². The van der Waals surface area contributed by atoms with Gasteiger partial charge in [-0.2, -0.15) is 0 Å². The number of benzene rings is 1. The second-order valence-electron chi connectivity index (χ2n) is 21.3. The van der Waals surface area contributed by atoms with E-state index in [1.165, 1.54) is 276 Å². The average molecular weight is 952 g/mol. The molecule has 0 radical (unpaired) electrons. The van der Waals surface area contributed by atoms with E-state index in [1.807, 2.05) is 0 Å². The summed E-state index contributed by atoms with van der Waals surface area (Å²) in [7, 11) is 0. The quantitative estimate of drug-likeness (QED) is 0.0640. The molecule has 0 unspecified atom stereocenters. The molecule has 1 aromatic carbocycles. The Labute approximate surface area is 425 Å². The molecule has 0 aliphatic heterocycles. The van der Waals surface area contributed by atoms with Crippen LogP contribution in [-0.2, 0) is 0 Å². The molecule has 0 bridgehead atoms. The Balaban J connectivity index is 2.20. The largest absolute Gasteiger partial charge is 0.493 e. The molecule has 0 spiro atoms. The fraction of sp³-hybridized carbons (Fsp3) is 0.873. The highest BCUT2D eigenvalue weighted by Gasteiger charge is 2.16. The fourth-order valence-corrected chi connectivity index (χ4v) is 9.93. The molecule has 0 heterocycles. The van der Waals surface area contributed by atoms with Crippen molar-refractivity contribution in [2.24, 2.45) is 0 Å². The standard InChI is InChI=1S/C63H118N2O3/c1-4-7-10-13-16-18-20-22-24-26-28-30-32-34-36-38-40-42-44-47-50-55-64-62(66)59-53-54-60(61(58-59)68-57-52-49-46-15-12-9-6-3)63(67)65-56-51-48-45-43-41-39-37-35-33-31-29-27-25-23-21-19-17-14-11-8-5-2/h53-54,58H,4-52,55-57H2,1-3H3,(H,64,66)(H,65,67). The molecule has 5 nitrogen and oxygen atoms in total. The van der Waals surface area contributed by atoms with E-state index >= 15 is 0 Å². The Hall–Kier alpha value is -2.04. The first kappa shape index (κ1) is 64.0. The summed E-state index contributed by atoms with van der Waals surface area (Å²) < 4.78 is 6.24. The van der Waals surface area contributed by atoms with Crippen LogP contribution < -0.4 is 15.4 Å². The van der Waals surface area contributed by atoms with Crippen molar-refractivity contribution in [2.75, 3.05) is 19.7 Å². The minimum Gasteiger partial charge on any atom is -0.493 e. The summed E-state index contributed by atoms with van der Waals surface area (Å²) in [6.45, 7) is 8.78. The third-order valence-electron chi connectivity index (χ3n) is 14.6. The summed E-state index contributed by atoms with van der Waals surface area (Å²) in [5.41, 5.74) is 1.11. The molecule has 1 aromatic rings. The van der Waals surface area contributed by atoms with Crippen molar-refractivity contribution in [1.29, 1.82) is 0 Å². The highest BCUT2D eigenvalue weighted by atomic mass is 16.5. The molecule has 0 aliphatic rings. The smallest absolute Gasteiger partial charge is 0.255 e. The predicted molar refractivity (Wildman–Crippen MR) is 300 cm³/mol.